The molecule has 2 aromatic heterocycles. The molecule has 0 saturated carbocycles. The first kappa shape index (κ1) is 31.4. The maximum Gasteiger partial charge on any atom is 0.410 e. The van der Waals surface area contributed by atoms with Gasteiger partial charge >= 0.3 is 6.09 Å². The predicted octanol–water partition coefficient (Wildman–Crippen LogP) is 4.59. The van der Waals surface area contributed by atoms with Crippen molar-refractivity contribution < 1.29 is 23.8 Å². The number of tetrazole rings is 1. The highest BCUT2D eigenvalue weighted by atomic mass is 35.5. The average Bonchev–Trinajstić information content (AvgIpc) is 3.51. The summed E-state index contributed by atoms with van der Waals surface area (Å²) in [4.78, 5) is 37.3. The van der Waals surface area contributed by atoms with Crippen LogP contribution in [-0.4, -0.2) is 85.5 Å². The molecule has 236 valence electrons. The van der Waals surface area contributed by atoms with E-state index < -0.39 is 11.7 Å². The van der Waals surface area contributed by atoms with Crippen molar-refractivity contribution in [2.24, 2.45) is 0 Å². The van der Waals surface area contributed by atoms with Gasteiger partial charge in [-0.3, -0.25) is 9.69 Å². The first-order valence-electron chi connectivity index (χ1n) is 14.2. The van der Waals surface area contributed by atoms with Gasteiger partial charge in [0.15, 0.2) is 0 Å². The molecule has 3 heterocycles. The van der Waals surface area contributed by atoms with Crippen LogP contribution in [0.3, 0.4) is 0 Å². The number of carbonyl (C=O) groups is 2. The van der Waals surface area contributed by atoms with Crippen molar-refractivity contribution in [1.82, 2.24) is 35.1 Å². The molecule has 15 heteroatoms. The molecule has 1 fully saturated rings. The molecule has 1 saturated heterocycles. The van der Waals surface area contributed by atoms with Gasteiger partial charge in [0.25, 0.3) is 0 Å². The number of anilines is 3. The SMILES string of the molecule is COc1cc(N2CCN(C(=O)OC(C)(C)C)CC2=O)ccc1Nc1ncc(-c2ccc(Cl)c(O[C@@H](C)Cn3cnnn3)c2)cn1. The van der Waals surface area contributed by atoms with E-state index in [1.54, 1.807) is 74.1 Å². The second-order valence-electron chi connectivity index (χ2n) is 11.4. The Morgan fingerprint density at radius 2 is 1.84 bits per heavy atom. The Labute approximate surface area is 265 Å². The van der Waals surface area contributed by atoms with E-state index in [1.165, 1.54) is 11.2 Å². The van der Waals surface area contributed by atoms with E-state index in [9.17, 15) is 9.59 Å². The lowest BCUT2D eigenvalue weighted by atomic mass is 10.1. The van der Waals surface area contributed by atoms with Crippen LogP contribution in [0.25, 0.3) is 11.1 Å². The van der Waals surface area contributed by atoms with Crippen molar-refractivity contribution in [3.63, 3.8) is 0 Å². The van der Waals surface area contributed by atoms with E-state index in [-0.39, 0.29) is 18.6 Å². The monoisotopic (exact) mass is 635 g/mol. The quantitative estimate of drug-likeness (QED) is 0.275. The zero-order valence-electron chi connectivity index (χ0n) is 25.6. The van der Waals surface area contributed by atoms with Crippen LogP contribution in [0.15, 0.2) is 55.1 Å². The summed E-state index contributed by atoms with van der Waals surface area (Å²) in [6.07, 6.45) is 4.17. The summed E-state index contributed by atoms with van der Waals surface area (Å²) in [6, 6.07) is 10.8. The van der Waals surface area contributed by atoms with Crippen LogP contribution in [-0.2, 0) is 16.1 Å². The van der Waals surface area contributed by atoms with Gasteiger partial charge in [-0.25, -0.2) is 19.4 Å². The van der Waals surface area contributed by atoms with Gasteiger partial charge in [0.05, 0.1) is 24.4 Å². The lowest BCUT2D eigenvalue weighted by Crippen LogP contribution is -2.53. The van der Waals surface area contributed by atoms with Crippen molar-refractivity contribution in [2.75, 3.05) is 37.0 Å². The third-order valence-corrected chi connectivity index (χ3v) is 7.01. The van der Waals surface area contributed by atoms with Gasteiger partial charge in [0, 0.05) is 42.8 Å². The van der Waals surface area contributed by atoms with Gasteiger partial charge in [-0.05, 0) is 68.0 Å². The Kier molecular flexibility index (Phi) is 9.32. The standard InChI is InChI=1S/C30H34ClN9O5/c1-19(16-39-18-34-36-37-39)44-25-12-20(6-8-23(25)31)21-14-32-28(33-15-21)35-24-9-7-22(13-26(24)43-5)40-11-10-38(17-27(40)41)29(42)45-30(2,3)4/h6-9,12-15,18-19H,10-11,16-17H2,1-5H3,(H,32,33,35)/t19-/m0/s1. The smallest absolute Gasteiger partial charge is 0.410 e. The number of methoxy groups -OCH3 is 1. The normalized spacial score (nSPS) is 14.2. The summed E-state index contributed by atoms with van der Waals surface area (Å²) in [5.74, 6) is 1.16. The molecular formula is C30H34ClN9O5. The van der Waals surface area contributed by atoms with E-state index in [4.69, 9.17) is 25.8 Å². The summed E-state index contributed by atoms with van der Waals surface area (Å²) in [5.41, 5.74) is 2.22. The number of halogens is 1. The largest absolute Gasteiger partial charge is 0.494 e. The van der Waals surface area contributed by atoms with Crippen LogP contribution in [0, 0.1) is 0 Å². The maximum atomic E-state index is 12.9. The predicted molar refractivity (Wildman–Crippen MR) is 167 cm³/mol. The lowest BCUT2D eigenvalue weighted by Gasteiger charge is -2.35. The average molecular weight is 636 g/mol. The molecular weight excluding hydrogens is 602 g/mol. The van der Waals surface area contributed by atoms with E-state index in [1.807, 2.05) is 19.1 Å². The third-order valence-electron chi connectivity index (χ3n) is 6.70. The Morgan fingerprint density at radius 1 is 1.07 bits per heavy atom. The molecule has 45 heavy (non-hydrogen) atoms. The Balaban J connectivity index is 1.23. The highest BCUT2D eigenvalue weighted by molar-refractivity contribution is 6.32. The lowest BCUT2D eigenvalue weighted by molar-refractivity contribution is -0.121. The van der Waals surface area contributed by atoms with Crippen LogP contribution in [0.2, 0.25) is 5.02 Å². The molecule has 2 amide bonds. The summed E-state index contributed by atoms with van der Waals surface area (Å²) in [5, 5.41) is 14.8. The Hall–Kier alpha value is -4.98. The van der Waals surface area contributed by atoms with Gasteiger partial charge in [0.1, 0.15) is 36.1 Å². The number of carbonyl (C=O) groups excluding carboxylic acids is 2. The minimum Gasteiger partial charge on any atom is -0.494 e. The second-order valence-corrected chi connectivity index (χ2v) is 11.8. The molecule has 0 unspecified atom stereocenters. The third kappa shape index (κ3) is 7.95. The molecule has 1 aliphatic heterocycles. The molecule has 0 bridgehead atoms. The maximum absolute atomic E-state index is 12.9. The molecule has 2 aromatic carbocycles. The van der Waals surface area contributed by atoms with E-state index in [0.29, 0.717) is 53.5 Å². The van der Waals surface area contributed by atoms with Crippen molar-refractivity contribution in [3.8, 4) is 22.6 Å². The number of ether oxygens (including phenoxy) is 3. The van der Waals surface area contributed by atoms with Crippen molar-refractivity contribution >= 4 is 40.9 Å². The van der Waals surface area contributed by atoms with Crippen molar-refractivity contribution in [3.05, 3.63) is 60.1 Å². The van der Waals surface area contributed by atoms with E-state index in [0.717, 1.165) is 11.1 Å². The Morgan fingerprint density at radius 3 is 2.51 bits per heavy atom. The molecule has 1 aliphatic rings. The van der Waals surface area contributed by atoms with Crippen LogP contribution in [0.5, 0.6) is 11.5 Å². The summed E-state index contributed by atoms with van der Waals surface area (Å²) >= 11 is 6.39. The summed E-state index contributed by atoms with van der Waals surface area (Å²) < 4.78 is 18.6. The highest BCUT2D eigenvalue weighted by Gasteiger charge is 2.31. The summed E-state index contributed by atoms with van der Waals surface area (Å²) in [7, 11) is 1.54. The number of rotatable bonds is 9. The van der Waals surface area contributed by atoms with Gasteiger partial charge in [-0.2, -0.15) is 0 Å². The minimum atomic E-state index is -0.636. The van der Waals surface area contributed by atoms with E-state index in [2.05, 4.69) is 30.8 Å². The number of nitrogens with one attached hydrogen (secondary N) is 1. The van der Waals surface area contributed by atoms with Gasteiger partial charge in [-0.15, -0.1) is 5.10 Å². The van der Waals surface area contributed by atoms with E-state index >= 15 is 0 Å². The number of hydrogen-bond acceptors (Lipinski definition) is 11. The zero-order valence-corrected chi connectivity index (χ0v) is 26.4. The number of benzene rings is 2. The molecule has 1 N–H and O–H groups in total. The highest BCUT2D eigenvalue weighted by Crippen LogP contribution is 2.34. The van der Waals surface area contributed by atoms with Gasteiger partial charge in [0.2, 0.25) is 11.9 Å². The molecule has 14 nitrogen and oxygen atoms in total. The molecule has 4 aromatic rings. The molecule has 0 spiro atoms. The number of aromatic nitrogens is 6. The first-order valence-corrected chi connectivity index (χ1v) is 14.6. The Bertz CT molecular complexity index is 1640. The number of nitrogens with zero attached hydrogens (tertiary/aromatic N) is 8. The molecule has 5 rings (SSSR count). The van der Waals surface area contributed by atoms with Crippen LogP contribution in [0.1, 0.15) is 27.7 Å². The second kappa shape index (κ2) is 13.3. The number of piperazine rings is 1. The van der Waals surface area contributed by atoms with Gasteiger partial charge in [-0.1, -0.05) is 17.7 Å². The number of amides is 2. The zero-order chi connectivity index (χ0) is 32.1. The van der Waals surface area contributed by atoms with Crippen molar-refractivity contribution in [1.29, 1.82) is 0 Å². The molecule has 1 atom stereocenters. The van der Waals surface area contributed by atoms with Crippen LogP contribution in [0.4, 0.5) is 22.1 Å². The fraction of sp³-hybridized carbons (Fsp3) is 0.367. The molecule has 0 aliphatic carbocycles. The van der Waals surface area contributed by atoms with Gasteiger partial charge < -0.3 is 24.4 Å². The first-order chi connectivity index (χ1) is 21.5. The number of hydrogen-bond donors (Lipinski definition) is 1. The fourth-order valence-electron chi connectivity index (χ4n) is 4.60. The summed E-state index contributed by atoms with van der Waals surface area (Å²) in [6.45, 7) is 8.34. The molecule has 0 radical (unpaired) electrons. The fourth-order valence-corrected chi connectivity index (χ4v) is 4.76. The topological polar surface area (TPSA) is 150 Å². The van der Waals surface area contributed by atoms with Crippen LogP contribution < -0.4 is 19.7 Å². The van der Waals surface area contributed by atoms with Crippen LogP contribution >= 0.6 is 11.6 Å². The minimum absolute atomic E-state index is 0.0710. The van der Waals surface area contributed by atoms with Crippen molar-refractivity contribution in [2.45, 2.75) is 45.9 Å².